The molecule has 0 fully saturated rings. The number of allylic oxidation sites excluding steroid dienone is 4. The molecular formula is C18H28O3. The quantitative estimate of drug-likeness (QED) is 0.699. The van der Waals surface area contributed by atoms with Crippen molar-refractivity contribution >= 4 is 5.97 Å². The minimum Gasteiger partial charge on any atom is -0.481 e. The van der Waals surface area contributed by atoms with Crippen LogP contribution in [-0.4, -0.2) is 22.3 Å². The van der Waals surface area contributed by atoms with E-state index in [1.807, 2.05) is 0 Å². The predicted molar refractivity (Wildman–Crippen MR) is 83.9 cm³/mol. The van der Waals surface area contributed by atoms with Crippen LogP contribution in [0.4, 0.5) is 0 Å². The van der Waals surface area contributed by atoms with Crippen LogP contribution in [0.5, 0.6) is 0 Å². The van der Waals surface area contributed by atoms with Gasteiger partial charge in [0, 0.05) is 0 Å². The number of hydrogen-bond donors (Lipinski definition) is 2. The first-order valence-electron chi connectivity index (χ1n) is 8.36. The first-order chi connectivity index (χ1) is 10.1. The summed E-state index contributed by atoms with van der Waals surface area (Å²) in [5.41, 5.74) is 1.54. The summed E-state index contributed by atoms with van der Waals surface area (Å²) in [6.07, 6.45) is 13.9. The minimum atomic E-state index is -0.912. The lowest BCUT2D eigenvalue weighted by Gasteiger charge is -2.37. The maximum absolute atomic E-state index is 10.5. The Morgan fingerprint density at radius 1 is 1.43 bits per heavy atom. The highest BCUT2D eigenvalue weighted by atomic mass is 16.4. The third kappa shape index (κ3) is 4.70. The van der Waals surface area contributed by atoms with E-state index in [1.165, 1.54) is 31.3 Å². The Bertz CT molecular complexity index is 411. The molecule has 0 spiro atoms. The second-order valence-electron chi connectivity index (χ2n) is 6.66. The Morgan fingerprint density at radius 3 is 3.00 bits per heavy atom. The van der Waals surface area contributed by atoms with Crippen LogP contribution in [0.1, 0.15) is 58.3 Å². The lowest BCUT2D eigenvalue weighted by atomic mass is 9.68. The van der Waals surface area contributed by atoms with E-state index in [-0.39, 0.29) is 6.42 Å². The van der Waals surface area contributed by atoms with Crippen LogP contribution in [0.15, 0.2) is 23.8 Å². The molecule has 3 nitrogen and oxygen atoms in total. The maximum Gasteiger partial charge on any atom is 0.305 e. The summed E-state index contributed by atoms with van der Waals surface area (Å²) in [7, 11) is 0. The molecule has 0 bridgehead atoms. The van der Waals surface area contributed by atoms with Crippen LogP contribution < -0.4 is 0 Å². The van der Waals surface area contributed by atoms with Crippen molar-refractivity contribution in [3.8, 4) is 0 Å². The van der Waals surface area contributed by atoms with Gasteiger partial charge >= 0.3 is 5.97 Å². The van der Waals surface area contributed by atoms with Gasteiger partial charge in [-0.25, -0.2) is 0 Å². The molecule has 2 aliphatic rings. The molecule has 0 aromatic carbocycles. The fourth-order valence-corrected chi connectivity index (χ4v) is 3.88. The van der Waals surface area contributed by atoms with Crippen LogP contribution in [0.25, 0.3) is 0 Å². The van der Waals surface area contributed by atoms with Gasteiger partial charge < -0.3 is 10.2 Å². The number of unbranched alkanes of at least 4 members (excludes halogenated alkanes) is 1. The van der Waals surface area contributed by atoms with Crippen LogP contribution >= 0.6 is 0 Å². The average Bonchev–Trinajstić information content (AvgIpc) is 2.44. The Balaban J connectivity index is 1.77. The number of carboxylic acid groups (broad SMARTS) is 1. The fourth-order valence-electron chi connectivity index (χ4n) is 3.88. The van der Waals surface area contributed by atoms with E-state index >= 15 is 0 Å². The van der Waals surface area contributed by atoms with E-state index in [9.17, 15) is 9.90 Å². The number of fused-ring (bicyclic) bond motifs is 1. The Hall–Kier alpha value is -1.09. The zero-order chi connectivity index (χ0) is 15.2. The van der Waals surface area contributed by atoms with Crippen LogP contribution in [0.3, 0.4) is 0 Å². The molecular weight excluding hydrogens is 264 g/mol. The number of carbonyl (C=O) groups is 1. The van der Waals surface area contributed by atoms with Crippen LogP contribution in [0, 0.1) is 17.8 Å². The summed E-state index contributed by atoms with van der Waals surface area (Å²) in [5.74, 6) is 1.17. The highest BCUT2D eigenvalue weighted by Gasteiger charge is 2.31. The molecule has 1 unspecified atom stereocenters. The lowest BCUT2D eigenvalue weighted by molar-refractivity contribution is -0.139. The van der Waals surface area contributed by atoms with Crippen molar-refractivity contribution in [1.29, 1.82) is 0 Å². The van der Waals surface area contributed by atoms with Crippen molar-refractivity contribution in [2.75, 3.05) is 0 Å². The van der Waals surface area contributed by atoms with Crippen molar-refractivity contribution in [3.63, 3.8) is 0 Å². The van der Waals surface area contributed by atoms with Gasteiger partial charge in [-0.3, -0.25) is 4.79 Å². The average molecular weight is 292 g/mol. The van der Waals surface area contributed by atoms with E-state index in [0.29, 0.717) is 12.3 Å². The zero-order valence-electron chi connectivity index (χ0n) is 13.0. The van der Waals surface area contributed by atoms with E-state index in [0.717, 1.165) is 24.7 Å². The molecule has 4 atom stereocenters. The molecule has 0 saturated heterocycles. The standard InChI is InChI=1S/C18H28O3/c1-13-10-11-14-6-2-4-9-17(14)16(13)8-5-3-7-15(19)12-18(20)21/h6,10-11,13,15-17,19H,2-5,7-9,12H2,1H3,(H,20,21)/t13-,15+,16-,17?/m0/s1. The van der Waals surface area contributed by atoms with E-state index in [1.54, 1.807) is 0 Å². The topological polar surface area (TPSA) is 57.5 Å². The van der Waals surface area contributed by atoms with Crippen molar-refractivity contribution in [1.82, 2.24) is 0 Å². The summed E-state index contributed by atoms with van der Waals surface area (Å²) in [6.45, 7) is 2.31. The molecule has 3 heteroatoms. The summed E-state index contributed by atoms with van der Waals surface area (Å²) in [5, 5.41) is 18.2. The monoisotopic (exact) mass is 292 g/mol. The van der Waals surface area contributed by atoms with E-state index in [2.05, 4.69) is 25.2 Å². The number of hydrogen-bond acceptors (Lipinski definition) is 2. The molecule has 0 radical (unpaired) electrons. The smallest absolute Gasteiger partial charge is 0.305 e. The van der Waals surface area contributed by atoms with E-state index < -0.39 is 12.1 Å². The van der Waals surface area contributed by atoms with Gasteiger partial charge in [0.1, 0.15) is 0 Å². The summed E-state index contributed by atoms with van der Waals surface area (Å²) < 4.78 is 0. The first-order valence-corrected chi connectivity index (χ1v) is 8.36. The summed E-state index contributed by atoms with van der Waals surface area (Å²) in [6, 6.07) is 0. The second kappa shape index (κ2) is 7.79. The molecule has 0 saturated carbocycles. The Morgan fingerprint density at radius 2 is 2.24 bits per heavy atom. The Kier molecular flexibility index (Phi) is 6.04. The van der Waals surface area contributed by atoms with E-state index in [4.69, 9.17) is 5.11 Å². The van der Waals surface area contributed by atoms with Crippen LogP contribution in [0.2, 0.25) is 0 Å². The molecule has 118 valence electrons. The first kappa shape index (κ1) is 16.3. The molecule has 21 heavy (non-hydrogen) atoms. The van der Waals surface area contributed by atoms with Crippen molar-refractivity contribution < 1.29 is 15.0 Å². The predicted octanol–water partition coefficient (Wildman–Crippen LogP) is 3.93. The van der Waals surface area contributed by atoms with Gasteiger partial charge in [-0.2, -0.15) is 0 Å². The van der Waals surface area contributed by atoms with Gasteiger partial charge in [0.25, 0.3) is 0 Å². The maximum atomic E-state index is 10.5. The fraction of sp³-hybridized carbons (Fsp3) is 0.722. The van der Waals surface area contributed by atoms with Gasteiger partial charge in [-0.15, -0.1) is 0 Å². The lowest BCUT2D eigenvalue weighted by Crippen LogP contribution is -2.27. The number of rotatable bonds is 7. The van der Waals surface area contributed by atoms with Gasteiger partial charge in [0.2, 0.25) is 0 Å². The Labute approximate surface area is 127 Å². The molecule has 0 heterocycles. The molecule has 2 aliphatic carbocycles. The number of carboxylic acids is 1. The summed E-state index contributed by atoms with van der Waals surface area (Å²) >= 11 is 0. The highest BCUT2D eigenvalue weighted by Crippen LogP contribution is 2.42. The zero-order valence-corrected chi connectivity index (χ0v) is 13.0. The molecule has 0 amide bonds. The third-order valence-electron chi connectivity index (χ3n) is 5.05. The van der Waals surface area contributed by atoms with Crippen molar-refractivity contribution in [2.24, 2.45) is 17.8 Å². The normalized spacial score (nSPS) is 29.6. The minimum absolute atomic E-state index is 0.127. The SMILES string of the molecule is C[C@H]1C=CC2=CCCCC2[C@H]1CCCC[C@@H](O)CC(=O)O. The van der Waals surface area contributed by atoms with Gasteiger partial charge in [-0.05, 0) is 55.4 Å². The van der Waals surface area contributed by atoms with Gasteiger partial charge in [-0.1, -0.05) is 38.0 Å². The largest absolute Gasteiger partial charge is 0.481 e. The van der Waals surface area contributed by atoms with Gasteiger partial charge in [0.05, 0.1) is 12.5 Å². The molecule has 0 aromatic heterocycles. The molecule has 2 rings (SSSR count). The number of aliphatic carboxylic acids is 1. The van der Waals surface area contributed by atoms with Crippen molar-refractivity contribution in [3.05, 3.63) is 23.8 Å². The van der Waals surface area contributed by atoms with Crippen LogP contribution in [-0.2, 0) is 4.79 Å². The van der Waals surface area contributed by atoms with Crippen molar-refractivity contribution in [2.45, 2.75) is 64.4 Å². The van der Waals surface area contributed by atoms with Gasteiger partial charge in [0.15, 0.2) is 0 Å². The second-order valence-corrected chi connectivity index (χ2v) is 6.66. The number of aliphatic hydroxyl groups excluding tert-OH is 1. The molecule has 0 aromatic rings. The third-order valence-corrected chi connectivity index (χ3v) is 5.05. The number of aliphatic hydroxyl groups is 1. The molecule has 2 N–H and O–H groups in total. The summed E-state index contributed by atoms with van der Waals surface area (Å²) in [4.78, 5) is 10.5. The highest BCUT2D eigenvalue weighted by molar-refractivity contribution is 5.67. The molecule has 0 aliphatic heterocycles.